The van der Waals surface area contributed by atoms with E-state index in [1.54, 1.807) is 0 Å². The Morgan fingerprint density at radius 1 is 0.288 bits per heavy atom. The molecular weight excluding hydrogens is 719 g/mol. The Morgan fingerprint density at radius 3 is 1.47 bits per heavy atom. The van der Waals surface area contributed by atoms with Gasteiger partial charge in [0.1, 0.15) is 22.3 Å². The van der Waals surface area contributed by atoms with Crippen LogP contribution in [0.25, 0.3) is 98.8 Å². The molecule has 276 valence electrons. The summed E-state index contributed by atoms with van der Waals surface area (Å²) in [5.41, 5.74) is 13.4. The summed E-state index contributed by atoms with van der Waals surface area (Å²) in [5, 5.41) is 9.10. The lowest BCUT2D eigenvalue weighted by molar-refractivity contribution is 0.670. The van der Waals surface area contributed by atoms with Crippen LogP contribution < -0.4 is 4.90 Å². The molecule has 0 saturated heterocycles. The first-order valence-corrected chi connectivity index (χ1v) is 20.1. The lowest BCUT2D eigenvalue weighted by atomic mass is 9.94. The van der Waals surface area contributed by atoms with Crippen LogP contribution in [0.4, 0.5) is 17.1 Å². The summed E-state index contributed by atoms with van der Waals surface area (Å²) >= 11 is 0. The van der Waals surface area contributed by atoms with E-state index in [4.69, 9.17) is 8.83 Å². The number of rotatable bonds is 6. The largest absolute Gasteiger partial charge is 0.455 e. The summed E-state index contributed by atoms with van der Waals surface area (Å²) in [6, 6.07) is 75.6. The Balaban J connectivity index is 1.13. The maximum absolute atomic E-state index is 7.08. The van der Waals surface area contributed by atoms with Gasteiger partial charge in [0.15, 0.2) is 0 Å². The zero-order valence-corrected chi connectivity index (χ0v) is 32.0. The van der Waals surface area contributed by atoms with Gasteiger partial charge in [-0.05, 0) is 86.4 Å². The number of para-hydroxylation sites is 2. The zero-order valence-electron chi connectivity index (χ0n) is 32.0. The van der Waals surface area contributed by atoms with Crippen LogP contribution in [0.1, 0.15) is 0 Å². The van der Waals surface area contributed by atoms with Gasteiger partial charge in [0.25, 0.3) is 0 Å². The molecule has 0 unspecified atom stereocenters. The van der Waals surface area contributed by atoms with Crippen LogP contribution in [0, 0.1) is 0 Å². The Morgan fingerprint density at radius 2 is 0.780 bits per heavy atom. The molecule has 0 saturated carbocycles. The van der Waals surface area contributed by atoms with E-state index < -0.39 is 0 Å². The summed E-state index contributed by atoms with van der Waals surface area (Å²) in [7, 11) is 0. The monoisotopic (exact) mass is 753 g/mol. The molecule has 0 radical (unpaired) electrons. The zero-order chi connectivity index (χ0) is 38.9. The molecule has 2 heterocycles. The highest BCUT2D eigenvalue weighted by Gasteiger charge is 2.24. The van der Waals surface area contributed by atoms with Crippen LogP contribution >= 0.6 is 0 Å². The molecule has 3 nitrogen and oxygen atoms in total. The van der Waals surface area contributed by atoms with Crippen molar-refractivity contribution >= 4 is 82.5 Å². The van der Waals surface area contributed by atoms with Crippen LogP contribution in [0.15, 0.2) is 221 Å². The van der Waals surface area contributed by atoms with E-state index in [-0.39, 0.29) is 0 Å². The molecule has 0 spiro atoms. The second-order valence-electron chi connectivity index (χ2n) is 15.2. The van der Waals surface area contributed by atoms with Gasteiger partial charge in [0, 0.05) is 38.5 Å². The first-order chi connectivity index (χ1) is 29.3. The predicted octanol–water partition coefficient (Wildman–Crippen LogP) is 16.3. The maximum atomic E-state index is 7.08. The fourth-order valence-electron chi connectivity index (χ4n) is 9.10. The molecule has 0 aliphatic heterocycles. The second-order valence-corrected chi connectivity index (χ2v) is 15.2. The smallest absolute Gasteiger partial charge is 0.143 e. The molecule has 0 atom stereocenters. The summed E-state index contributed by atoms with van der Waals surface area (Å²) in [6.45, 7) is 0. The van der Waals surface area contributed by atoms with Gasteiger partial charge in [-0.2, -0.15) is 0 Å². The Hall–Kier alpha value is -7.88. The number of hydrogen-bond acceptors (Lipinski definition) is 3. The number of nitrogens with zero attached hydrogens (tertiary/aromatic N) is 1. The molecule has 0 fully saturated rings. The van der Waals surface area contributed by atoms with E-state index in [0.29, 0.717) is 0 Å². The summed E-state index contributed by atoms with van der Waals surface area (Å²) in [4.78, 5) is 2.40. The van der Waals surface area contributed by atoms with Gasteiger partial charge in [-0.25, -0.2) is 0 Å². The van der Waals surface area contributed by atoms with Crippen molar-refractivity contribution in [2.45, 2.75) is 0 Å². The Bertz CT molecular complexity index is 3530. The first-order valence-electron chi connectivity index (χ1n) is 20.1. The minimum absolute atomic E-state index is 0.844. The fourth-order valence-corrected chi connectivity index (χ4v) is 9.10. The van der Waals surface area contributed by atoms with Crippen molar-refractivity contribution in [2.75, 3.05) is 4.90 Å². The maximum Gasteiger partial charge on any atom is 0.143 e. The topological polar surface area (TPSA) is 29.5 Å². The molecule has 2 aromatic heterocycles. The minimum atomic E-state index is 0.844. The third-order valence-corrected chi connectivity index (χ3v) is 11.9. The van der Waals surface area contributed by atoms with E-state index in [1.807, 2.05) is 12.1 Å². The highest BCUT2D eigenvalue weighted by Crippen LogP contribution is 2.49. The van der Waals surface area contributed by atoms with Gasteiger partial charge in [0.05, 0.1) is 11.1 Å². The van der Waals surface area contributed by atoms with Gasteiger partial charge >= 0.3 is 0 Å². The van der Waals surface area contributed by atoms with E-state index >= 15 is 0 Å². The van der Waals surface area contributed by atoms with E-state index in [0.717, 1.165) is 94.1 Å². The molecule has 0 amide bonds. The van der Waals surface area contributed by atoms with Gasteiger partial charge < -0.3 is 13.7 Å². The van der Waals surface area contributed by atoms with Crippen molar-refractivity contribution in [3.05, 3.63) is 212 Å². The predicted molar refractivity (Wildman–Crippen MR) is 247 cm³/mol. The minimum Gasteiger partial charge on any atom is -0.455 e. The number of benzene rings is 10. The lowest BCUT2D eigenvalue weighted by Crippen LogP contribution is -2.10. The molecule has 10 aromatic carbocycles. The average Bonchev–Trinajstić information content (AvgIpc) is 3.90. The number of furan rings is 2. The van der Waals surface area contributed by atoms with E-state index in [2.05, 4.69) is 205 Å². The first kappa shape index (κ1) is 33.3. The van der Waals surface area contributed by atoms with Crippen molar-refractivity contribution in [1.82, 2.24) is 0 Å². The van der Waals surface area contributed by atoms with Gasteiger partial charge in [-0.1, -0.05) is 170 Å². The molecule has 59 heavy (non-hydrogen) atoms. The molecule has 0 bridgehead atoms. The standard InChI is InChI=1S/C56H35NO2/c1-3-14-36(15-4-1)38-26-30-41(31-27-38)57(42-32-28-39(29-33-42)43-23-13-24-49-46-20-11-12-25-51(46)58-55(43)49)50-34-40(37-16-5-2-6-17-37)35-52-54(50)53-47-21-9-7-18-44(47)45-19-8-10-22-48(45)56(53)59-52/h1-35H. The second kappa shape index (κ2) is 13.4. The summed E-state index contributed by atoms with van der Waals surface area (Å²) in [6.07, 6.45) is 0. The van der Waals surface area contributed by atoms with Gasteiger partial charge in [-0.15, -0.1) is 0 Å². The van der Waals surface area contributed by atoms with E-state index in [9.17, 15) is 0 Å². The van der Waals surface area contributed by atoms with Gasteiger partial charge in [-0.3, -0.25) is 0 Å². The van der Waals surface area contributed by atoms with Crippen LogP contribution in [-0.2, 0) is 0 Å². The van der Waals surface area contributed by atoms with Crippen LogP contribution in [0.3, 0.4) is 0 Å². The summed E-state index contributed by atoms with van der Waals surface area (Å²) in [5.74, 6) is 0. The van der Waals surface area contributed by atoms with Gasteiger partial charge in [0.2, 0.25) is 0 Å². The SMILES string of the molecule is c1ccc(-c2ccc(N(c3ccc(-c4cccc5c4oc4ccccc45)cc3)c3cc(-c4ccccc4)cc4oc5c6ccccc6c6ccccc6c5c34)cc2)cc1. The average molecular weight is 754 g/mol. The third-order valence-electron chi connectivity index (χ3n) is 11.9. The third kappa shape index (κ3) is 5.36. The molecule has 0 aliphatic carbocycles. The molecule has 12 rings (SSSR count). The van der Waals surface area contributed by atoms with Crippen LogP contribution in [0.2, 0.25) is 0 Å². The van der Waals surface area contributed by atoms with Crippen molar-refractivity contribution in [2.24, 2.45) is 0 Å². The quantitative estimate of drug-likeness (QED) is 0.158. The van der Waals surface area contributed by atoms with E-state index in [1.165, 1.54) is 21.7 Å². The Labute approximate surface area is 340 Å². The molecule has 12 aromatic rings. The van der Waals surface area contributed by atoms with Crippen molar-refractivity contribution in [3.63, 3.8) is 0 Å². The lowest BCUT2D eigenvalue weighted by Gasteiger charge is -2.27. The molecule has 0 aliphatic rings. The molecular formula is C56H35NO2. The normalized spacial score (nSPS) is 11.7. The van der Waals surface area contributed by atoms with Crippen molar-refractivity contribution < 1.29 is 8.83 Å². The van der Waals surface area contributed by atoms with Crippen molar-refractivity contribution in [3.8, 4) is 33.4 Å². The number of fused-ring (bicyclic) bond motifs is 11. The Kier molecular flexibility index (Phi) is 7.54. The number of anilines is 3. The fraction of sp³-hybridized carbons (Fsp3) is 0. The van der Waals surface area contributed by atoms with Crippen LogP contribution in [-0.4, -0.2) is 0 Å². The molecule has 3 heteroatoms. The number of hydrogen-bond donors (Lipinski definition) is 0. The highest BCUT2D eigenvalue weighted by molar-refractivity contribution is 6.32. The highest BCUT2D eigenvalue weighted by atomic mass is 16.3. The summed E-state index contributed by atoms with van der Waals surface area (Å²) < 4.78 is 13.6. The molecule has 0 N–H and O–H groups in total. The van der Waals surface area contributed by atoms with Crippen LogP contribution in [0.5, 0.6) is 0 Å². The van der Waals surface area contributed by atoms with Crippen molar-refractivity contribution in [1.29, 1.82) is 0 Å².